The molecule has 10 heteroatoms. The first kappa shape index (κ1) is 20.1. The molecule has 0 bridgehead atoms. The highest BCUT2D eigenvalue weighted by Gasteiger charge is 2.26. The van der Waals surface area contributed by atoms with Crippen molar-refractivity contribution in [2.75, 3.05) is 32.8 Å². The maximum atomic E-state index is 12.3. The van der Waals surface area contributed by atoms with Crippen LogP contribution in [0.2, 0.25) is 0 Å². The second kappa shape index (κ2) is 8.55. The van der Waals surface area contributed by atoms with E-state index in [0.29, 0.717) is 31.7 Å². The molecule has 0 unspecified atom stereocenters. The van der Waals surface area contributed by atoms with Crippen LogP contribution in [0.5, 0.6) is 0 Å². The summed E-state index contributed by atoms with van der Waals surface area (Å²) < 4.78 is 10.1. The number of esters is 1. The van der Waals surface area contributed by atoms with Gasteiger partial charge in [-0.15, -0.1) is 0 Å². The Morgan fingerprint density at radius 1 is 1.14 bits per heavy atom. The molecule has 0 saturated carbocycles. The summed E-state index contributed by atoms with van der Waals surface area (Å²) in [5.74, 6) is -1.09. The smallest absolute Gasteiger partial charge is 0.338 e. The van der Waals surface area contributed by atoms with E-state index in [0.717, 1.165) is 0 Å². The van der Waals surface area contributed by atoms with Gasteiger partial charge in [-0.3, -0.25) is 19.7 Å². The monoisotopic (exact) mass is 401 g/mol. The number of hydrogen-bond donors (Lipinski definition) is 0. The van der Waals surface area contributed by atoms with Gasteiger partial charge in [0.2, 0.25) is 0 Å². The third-order valence-electron chi connectivity index (χ3n) is 4.61. The van der Waals surface area contributed by atoms with Crippen LogP contribution in [-0.2, 0) is 9.53 Å². The van der Waals surface area contributed by atoms with Crippen molar-refractivity contribution >= 4 is 23.5 Å². The quantitative estimate of drug-likeness (QED) is 0.424. The number of nitrogens with zero attached hydrogens (tertiary/aromatic N) is 3. The molecule has 0 N–H and O–H groups in total. The lowest BCUT2D eigenvalue weighted by molar-refractivity contribution is -0.385. The number of aryl methyl sites for hydroxylation is 1. The van der Waals surface area contributed by atoms with Crippen LogP contribution < -0.4 is 0 Å². The lowest BCUT2D eigenvalue weighted by atomic mass is 10.1. The van der Waals surface area contributed by atoms with Crippen molar-refractivity contribution in [3.8, 4) is 0 Å². The van der Waals surface area contributed by atoms with Gasteiger partial charge in [0.25, 0.3) is 17.5 Å². The Bertz CT molecular complexity index is 931. The predicted octanol–water partition coefficient (Wildman–Crippen LogP) is 1.64. The van der Waals surface area contributed by atoms with Crippen molar-refractivity contribution in [2.24, 2.45) is 0 Å². The van der Waals surface area contributed by atoms with E-state index in [-0.39, 0.29) is 28.8 Å². The van der Waals surface area contributed by atoms with Crippen LogP contribution >= 0.6 is 0 Å². The molecule has 2 heterocycles. The molecule has 1 fully saturated rings. The topological polar surface area (TPSA) is 123 Å². The van der Waals surface area contributed by atoms with Crippen LogP contribution in [0.4, 0.5) is 5.69 Å². The van der Waals surface area contributed by atoms with Crippen molar-refractivity contribution < 1.29 is 28.5 Å². The maximum Gasteiger partial charge on any atom is 0.338 e. The molecule has 1 aromatic heterocycles. The summed E-state index contributed by atoms with van der Waals surface area (Å²) in [7, 11) is 0. The van der Waals surface area contributed by atoms with Gasteiger partial charge in [0.1, 0.15) is 0 Å². The molecule has 0 radical (unpaired) electrons. The molecule has 152 valence electrons. The van der Waals surface area contributed by atoms with Gasteiger partial charge in [0.15, 0.2) is 12.4 Å². The van der Waals surface area contributed by atoms with Crippen molar-refractivity contribution in [2.45, 2.75) is 6.92 Å². The summed E-state index contributed by atoms with van der Waals surface area (Å²) in [5.41, 5.74) is 0.363. The van der Waals surface area contributed by atoms with Gasteiger partial charge in [-0.2, -0.15) is 0 Å². The fourth-order valence-corrected chi connectivity index (χ4v) is 3.00. The molecule has 1 saturated heterocycles. The van der Waals surface area contributed by atoms with Gasteiger partial charge in [-0.05, 0) is 31.2 Å². The van der Waals surface area contributed by atoms with Crippen molar-refractivity contribution in [1.82, 2.24) is 9.80 Å². The van der Waals surface area contributed by atoms with E-state index in [1.54, 1.807) is 17.0 Å². The Morgan fingerprint density at radius 3 is 2.41 bits per heavy atom. The van der Waals surface area contributed by atoms with Crippen LogP contribution in [0.1, 0.15) is 26.5 Å². The van der Waals surface area contributed by atoms with E-state index in [1.165, 1.54) is 36.3 Å². The zero-order valence-corrected chi connectivity index (χ0v) is 15.7. The molecule has 0 spiro atoms. The normalized spacial score (nSPS) is 13.8. The Labute approximate surface area is 165 Å². The minimum absolute atomic E-state index is 0.0976. The zero-order chi connectivity index (χ0) is 21.0. The second-order valence-electron chi connectivity index (χ2n) is 6.48. The average molecular weight is 401 g/mol. The van der Waals surface area contributed by atoms with Gasteiger partial charge < -0.3 is 19.0 Å². The van der Waals surface area contributed by atoms with Crippen molar-refractivity contribution in [3.63, 3.8) is 0 Å². The third kappa shape index (κ3) is 4.60. The molecule has 2 amide bonds. The average Bonchev–Trinajstić information content (AvgIpc) is 3.25. The number of piperazine rings is 1. The molecule has 1 aliphatic heterocycles. The van der Waals surface area contributed by atoms with Crippen LogP contribution in [0.3, 0.4) is 0 Å². The van der Waals surface area contributed by atoms with E-state index in [4.69, 9.17) is 9.15 Å². The standard InChI is InChI=1S/C19H19N3O7/c1-13-11-14(4-5-15(13)22(26)27)19(25)29-12-17(23)20-6-8-21(9-7-20)18(24)16-3-2-10-28-16/h2-5,10-11H,6-9,12H2,1H3. The van der Waals surface area contributed by atoms with Gasteiger partial charge in [-0.25, -0.2) is 4.79 Å². The van der Waals surface area contributed by atoms with Crippen LogP contribution in [0.15, 0.2) is 41.0 Å². The van der Waals surface area contributed by atoms with Crippen LogP contribution in [-0.4, -0.2) is 65.3 Å². The van der Waals surface area contributed by atoms with E-state index in [1.807, 2.05) is 0 Å². The highest BCUT2D eigenvalue weighted by Crippen LogP contribution is 2.19. The number of amides is 2. The molecule has 29 heavy (non-hydrogen) atoms. The maximum absolute atomic E-state index is 12.3. The molecule has 0 aliphatic carbocycles. The lowest BCUT2D eigenvalue weighted by Crippen LogP contribution is -2.51. The first-order valence-electron chi connectivity index (χ1n) is 8.89. The lowest BCUT2D eigenvalue weighted by Gasteiger charge is -2.34. The highest BCUT2D eigenvalue weighted by atomic mass is 16.6. The fourth-order valence-electron chi connectivity index (χ4n) is 3.00. The Kier molecular flexibility index (Phi) is 5.91. The van der Waals surface area contributed by atoms with Crippen molar-refractivity contribution in [3.05, 3.63) is 63.6 Å². The van der Waals surface area contributed by atoms with E-state index >= 15 is 0 Å². The SMILES string of the molecule is Cc1cc(C(=O)OCC(=O)N2CCN(C(=O)c3ccco3)CC2)ccc1[N+](=O)[O-]. The number of nitro groups is 1. The third-order valence-corrected chi connectivity index (χ3v) is 4.61. The van der Waals surface area contributed by atoms with E-state index in [9.17, 15) is 24.5 Å². The molecular formula is C19H19N3O7. The molecular weight excluding hydrogens is 382 g/mol. The molecule has 1 aliphatic rings. The minimum Gasteiger partial charge on any atom is -0.459 e. The first-order valence-corrected chi connectivity index (χ1v) is 8.89. The Morgan fingerprint density at radius 2 is 1.83 bits per heavy atom. The Hall–Kier alpha value is -3.69. The fraction of sp³-hybridized carbons (Fsp3) is 0.316. The number of benzene rings is 1. The van der Waals surface area contributed by atoms with Gasteiger partial charge in [0, 0.05) is 37.8 Å². The molecule has 0 atom stereocenters. The molecule has 2 aromatic rings. The van der Waals surface area contributed by atoms with Crippen LogP contribution in [0.25, 0.3) is 0 Å². The largest absolute Gasteiger partial charge is 0.459 e. The summed E-state index contributed by atoms with van der Waals surface area (Å²) in [6, 6.07) is 7.08. The number of hydrogen-bond acceptors (Lipinski definition) is 7. The number of furan rings is 1. The summed E-state index contributed by atoms with van der Waals surface area (Å²) in [5, 5.41) is 10.8. The van der Waals surface area contributed by atoms with E-state index in [2.05, 4.69) is 0 Å². The van der Waals surface area contributed by atoms with Gasteiger partial charge >= 0.3 is 5.97 Å². The number of ether oxygens (including phenoxy) is 1. The summed E-state index contributed by atoms with van der Waals surface area (Å²) in [6.07, 6.45) is 1.42. The van der Waals surface area contributed by atoms with Crippen LogP contribution in [0, 0.1) is 17.0 Å². The zero-order valence-electron chi connectivity index (χ0n) is 15.7. The summed E-state index contributed by atoms with van der Waals surface area (Å²) in [6.45, 7) is 2.41. The molecule has 3 rings (SSSR count). The number of carbonyl (C=O) groups is 3. The summed E-state index contributed by atoms with van der Waals surface area (Å²) >= 11 is 0. The second-order valence-corrected chi connectivity index (χ2v) is 6.48. The number of carbonyl (C=O) groups excluding carboxylic acids is 3. The number of rotatable bonds is 5. The van der Waals surface area contributed by atoms with Crippen molar-refractivity contribution in [1.29, 1.82) is 0 Å². The number of nitro benzene ring substituents is 1. The molecule has 10 nitrogen and oxygen atoms in total. The summed E-state index contributed by atoms with van der Waals surface area (Å²) in [4.78, 5) is 50.0. The van der Waals surface area contributed by atoms with Gasteiger partial charge in [0.05, 0.1) is 16.7 Å². The molecule has 1 aromatic carbocycles. The highest BCUT2D eigenvalue weighted by molar-refractivity contribution is 5.92. The minimum atomic E-state index is -0.733. The predicted molar refractivity (Wildman–Crippen MR) is 99.3 cm³/mol. The van der Waals surface area contributed by atoms with E-state index < -0.39 is 17.5 Å². The Balaban J connectivity index is 1.49. The van der Waals surface area contributed by atoms with Gasteiger partial charge in [-0.1, -0.05) is 0 Å². The first-order chi connectivity index (χ1) is 13.9.